The molecule has 1 aliphatic rings. The van der Waals surface area contributed by atoms with Crippen LogP contribution in [0.3, 0.4) is 0 Å². The van der Waals surface area contributed by atoms with E-state index in [0.717, 1.165) is 45.3 Å². The minimum Gasteiger partial charge on any atom is -0.341 e. The molecule has 1 aliphatic heterocycles. The molecule has 0 spiro atoms. The van der Waals surface area contributed by atoms with Crippen LogP contribution in [0.15, 0.2) is 0 Å². The molecule has 3 nitrogen and oxygen atoms in total. The Balaban J connectivity index is 2.57. The first-order valence-corrected chi connectivity index (χ1v) is 8.09. The summed E-state index contributed by atoms with van der Waals surface area (Å²) in [6, 6.07) is 0.447. The molecule has 1 heterocycles. The number of rotatable bonds is 7. The van der Waals surface area contributed by atoms with Gasteiger partial charge in [-0.2, -0.15) is 0 Å². The molecule has 0 aliphatic carbocycles. The molecule has 3 atom stereocenters. The Hall–Kier alpha value is -0.570. The van der Waals surface area contributed by atoms with Gasteiger partial charge in [-0.15, -0.1) is 0 Å². The quantitative estimate of drug-likeness (QED) is 0.769. The molecule has 1 amide bonds. The average molecular weight is 268 g/mol. The number of amides is 1. The largest absolute Gasteiger partial charge is 0.341 e. The lowest BCUT2D eigenvalue weighted by molar-refractivity contribution is -0.131. The van der Waals surface area contributed by atoms with Gasteiger partial charge < -0.3 is 10.2 Å². The summed E-state index contributed by atoms with van der Waals surface area (Å²) in [4.78, 5) is 14.3. The van der Waals surface area contributed by atoms with Gasteiger partial charge in [-0.05, 0) is 37.6 Å². The second-order valence-corrected chi connectivity index (χ2v) is 6.22. The van der Waals surface area contributed by atoms with Crippen molar-refractivity contribution in [3.05, 3.63) is 0 Å². The van der Waals surface area contributed by atoms with Crippen molar-refractivity contribution >= 4 is 5.91 Å². The van der Waals surface area contributed by atoms with Gasteiger partial charge in [-0.1, -0.05) is 34.1 Å². The monoisotopic (exact) mass is 268 g/mol. The Kier molecular flexibility index (Phi) is 7.44. The highest BCUT2D eigenvalue weighted by atomic mass is 16.2. The summed E-state index contributed by atoms with van der Waals surface area (Å²) in [5, 5.41) is 3.63. The molecular weight excluding hydrogens is 236 g/mol. The van der Waals surface area contributed by atoms with Gasteiger partial charge in [0.05, 0.1) is 0 Å². The van der Waals surface area contributed by atoms with Gasteiger partial charge in [0, 0.05) is 25.6 Å². The molecular formula is C16H32N2O. The molecule has 112 valence electrons. The number of carbonyl (C=O) groups is 1. The third-order valence-corrected chi connectivity index (χ3v) is 4.50. The van der Waals surface area contributed by atoms with Crippen molar-refractivity contribution in [1.29, 1.82) is 0 Å². The lowest BCUT2D eigenvalue weighted by Crippen LogP contribution is -2.47. The molecule has 3 unspecified atom stereocenters. The molecule has 1 fully saturated rings. The molecule has 0 aromatic carbocycles. The van der Waals surface area contributed by atoms with Crippen molar-refractivity contribution in [3.8, 4) is 0 Å². The van der Waals surface area contributed by atoms with Crippen LogP contribution >= 0.6 is 0 Å². The average Bonchev–Trinajstić information content (AvgIpc) is 2.57. The van der Waals surface area contributed by atoms with Gasteiger partial charge in [0.2, 0.25) is 5.91 Å². The van der Waals surface area contributed by atoms with Gasteiger partial charge in [0.15, 0.2) is 0 Å². The van der Waals surface area contributed by atoms with Gasteiger partial charge >= 0.3 is 0 Å². The lowest BCUT2D eigenvalue weighted by atomic mass is 9.98. The standard InChI is InChI=1S/C16H32N2O/c1-5-10-17-15(14(4)6-2)12-18-11-9-13(3)7-8-16(18)19/h13-15,17H,5-12H2,1-4H3. The van der Waals surface area contributed by atoms with E-state index in [1.807, 2.05) is 0 Å². The first-order chi connectivity index (χ1) is 9.08. The normalized spacial score (nSPS) is 24.1. The van der Waals surface area contributed by atoms with Gasteiger partial charge in [0.25, 0.3) is 0 Å². The number of nitrogens with zero attached hydrogens (tertiary/aromatic N) is 1. The Bertz CT molecular complexity index is 267. The number of likely N-dealkylation sites (tertiary alicyclic amines) is 1. The molecule has 1 saturated heterocycles. The third-order valence-electron chi connectivity index (χ3n) is 4.50. The second kappa shape index (κ2) is 8.57. The van der Waals surface area contributed by atoms with Crippen LogP contribution < -0.4 is 5.32 Å². The molecule has 0 aromatic heterocycles. The molecule has 0 bridgehead atoms. The van der Waals surface area contributed by atoms with E-state index in [1.54, 1.807) is 0 Å². The van der Waals surface area contributed by atoms with Crippen molar-refractivity contribution in [1.82, 2.24) is 10.2 Å². The van der Waals surface area contributed by atoms with Crippen molar-refractivity contribution in [3.63, 3.8) is 0 Å². The summed E-state index contributed by atoms with van der Waals surface area (Å²) < 4.78 is 0. The van der Waals surface area contributed by atoms with Gasteiger partial charge in [0.1, 0.15) is 0 Å². The Morgan fingerprint density at radius 2 is 2.11 bits per heavy atom. The molecule has 1 rings (SSSR count). The highest BCUT2D eigenvalue weighted by Gasteiger charge is 2.24. The van der Waals surface area contributed by atoms with Gasteiger partial charge in [-0.25, -0.2) is 0 Å². The molecule has 3 heteroatoms. The number of hydrogen-bond donors (Lipinski definition) is 1. The Labute approximate surface area is 119 Å². The fourth-order valence-electron chi connectivity index (χ4n) is 2.66. The first-order valence-electron chi connectivity index (χ1n) is 8.09. The number of nitrogens with one attached hydrogen (secondary N) is 1. The summed E-state index contributed by atoms with van der Waals surface area (Å²) >= 11 is 0. The summed E-state index contributed by atoms with van der Waals surface area (Å²) in [7, 11) is 0. The maximum absolute atomic E-state index is 12.2. The van der Waals surface area contributed by atoms with E-state index in [-0.39, 0.29) is 0 Å². The van der Waals surface area contributed by atoms with Crippen molar-refractivity contribution in [2.75, 3.05) is 19.6 Å². The van der Waals surface area contributed by atoms with Gasteiger partial charge in [-0.3, -0.25) is 4.79 Å². The molecule has 0 aromatic rings. The van der Waals surface area contributed by atoms with Crippen LogP contribution in [0.5, 0.6) is 0 Å². The van der Waals surface area contributed by atoms with Crippen molar-refractivity contribution in [2.24, 2.45) is 11.8 Å². The number of carbonyl (C=O) groups excluding carboxylic acids is 1. The SMILES string of the molecule is CCCNC(CN1CCC(C)CCC1=O)C(C)CC. The topological polar surface area (TPSA) is 32.3 Å². The van der Waals surface area contributed by atoms with E-state index in [4.69, 9.17) is 0 Å². The van der Waals surface area contributed by atoms with E-state index in [9.17, 15) is 4.79 Å². The summed E-state index contributed by atoms with van der Waals surface area (Å²) in [6.45, 7) is 11.9. The fraction of sp³-hybridized carbons (Fsp3) is 0.938. The minimum atomic E-state index is 0.357. The summed E-state index contributed by atoms with van der Waals surface area (Å²) in [5.41, 5.74) is 0. The Morgan fingerprint density at radius 1 is 1.37 bits per heavy atom. The maximum Gasteiger partial charge on any atom is 0.222 e. The highest BCUT2D eigenvalue weighted by molar-refractivity contribution is 5.76. The van der Waals surface area contributed by atoms with Crippen LogP contribution in [0, 0.1) is 11.8 Å². The predicted molar refractivity (Wildman–Crippen MR) is 81.1 cm³/mol. The first kappa shape index (κ1) is 16.5. The molecule has 0 radical (unpaired) electrons. The second-order valence-electron chi connectivity index (χ2n) is 6.22. The van der Waals surface area contributed by atoms with E-state index >= 15 is 0 Å². The smallest absolute Gasteiger partial charge is 0.222 e. The molecule has 1 N–H and O–H groups in total. The van der Waals surface area contributed by atoms with Crippen LogP contribution in [0.4, 0.5) is 0 Å². The van der Waals surface area contributed by atoms with Crippen LogP contribution in [0.2, 0.25) is 0 Å². The summed E-state index contributed by atoms with van der Waals surface area (Å²) in [5.74, 6) is 1.68. The third kappa shape index (κ3) is 5.52. The minimum absolute atomic E-state index is 0.357. The van der Waals surface area contributed by atoms with Crippen LogP contribution in [-0.4, -0.2) is 36.5 Å². The van der Waals surface area contributed by atoms with Crippen LogP contribution in [0.25, 0.3) is 0 Å². The zero-order chi connectivity index (χ0) is 14.3. The zero-order valence-corrected chi connectivity index (χ0v) is 13.2. The van der Waals surface area contributed by atoms with E-state index in [2.05, 4.69) is 37.9 Å². The Morgan fingerprint density at radius 3 is 2.74 bits per heavy atom. The number of hydrogen-bond acceptors (Lipinski definition) is 2. The van der Waals surface area contributed by atoms with E-state index in [1.165, 1.54) is 6.42 Å². The van der Waals surface area contributed by atoms with Crippen LogP contribution in [0.1, 0.15) is 59.8 Å². The maximum atomic E-state index is 12.2. The van der Waals surface area contributed by atoms with Crippen LogP contribution in [-0.2, 0) is 4.79 Å². The van der Waals surface area contributed by atoms with Crippen molar-refractivity contribution < 1.29 is 4.79 Å². The summed E-state index contributed by atoms with van der Waals surface area (Å²) in [6.07, 6.45) is 5.28. The zero-order valence-electron chi connectivity index (χ0n) is 13.2. The predicted octanol–water partition coefficient (Wildman–Crippen LogP) is 3.05. The van der Waals surface area contributed by atoms with E-state index < -0.39 is 0 Å². The molecule has 19 heavy (non-hydrogen) atoms. The lowest BCUT2D eigenvalue weighted by Gasteiger charge is -2.31. The van der Waals surface area contributed by atoms with Crippen molar-refractivity contribution in [2.45, 2.75) is 65.8 Å². The van der Waals surface area contributed by atoms with E-state index in [0.29, 0.717) is 23.8 Å². The highest BCUT2D eigenvalue weighted by Crippen LogP contribution is 2.19. The molecule has 0 saturated carbocycles. The fourth-order valence-corrected chi connectivity index (χ4v) is 2.66.